The molecule has 5 N–H and O–H groups in total. The number of hydrogen-bond acceptors (Lipinski definition) is 8. The van der Waals surface area contributed by atoms with Gasteiger partial charge in [0.05, 0.1) is 6.61 Å². The van der Waals surface area contributed by atoms with Crippen molar-refractivity contribution in [1.82, 2.24) is 15.0 Å². The van der Waals surface area contributed by atoms with Crippen LogP contribution in [0.25, 0.3) is 0 Å². The van der Waals surface area contributed by atoms with Crippen LogP contribution in [0.4, 0.5) is 17.8 Å². The lowest BCUT2D eigenvalue weighted by molar-refractivity contribution is -0.138. The Morgan fingerprint density at radius 2 is 1.61 bits per heavy atom. The fourth-order valence-corrected chi connectivity index (χ4v) is 1.86. The standard InChI is InChI=1S/C14H26N6O3/c1-8(2)7-10(11(22)23)17-14-19-12(15-5-6-21)18-13(20-14)16-9(3)4/h8-10,21H,5-7H2,1-4H3,(H,22,23)(H3,15,16,17,18,19,20). The fourth-order valence-electron chi connectivity index (χ4n) is 1.86. The molecule has 0 amide bonds. The molecule has 1 heterocycles. The molecular formula is C14H26N6O3. The smallest absolute Gasteiger partial charge is 0.326 e. The Labute approximate surface area is 136 Å². The summed E-state index contributed by atoms with van der Waals surface area (Å²) in [5.41, 5.74) is 0. The zero-order valence-electron chi connectivity index (χ0n) is 14.0. The van der Waals surface area contributed by atoms with Gasteiger partial charge in [-0.15, -0.1) is 0 Å². The minimum atomic E-state index is -0.956. The van der Waals surface area contributed by atoms with Gasteiger partial charge < -0.3 is 26.2 Å². The van der Waals surface area contributed by atoms with Crippen LogP contribution in [-0.2, 0) is 4.79 Å². The van der Waals surface area contributed by atoms with Crippen LogP contribution in [-0.4, -0.2) is 56.4 Å². The molecule has 130 valence electrons. The summed E-state index contributed by atoms with van der Waals surface area (Å²) in [5, 5.41) is 26.9. The number of carboxylic acid groups (broad SMARTS) is 1. The highest BCUT2D eigenvalue weighted by molar-refractivity contribution is 5.76. The van der Waals surface area contributed by atoms with Gasteiger partial charge in [-0.2, -0.15) is 15.0 Å². The van der Waals surface area contributed by atoms with Crippen molar-refractivity contribution in [3.63, 3.8) is 0 Å². The summed E-state index contributed by atoms with van der Waals surface area (Å²) in [6.07, 6.45) is 0.452. The number of hydrogen-bond donors (Lipinski definition) is 5. The second-order valence-corrected chi connectivity index (χ2v) is 5.92. The number of carbonyl (C=O) groups is 1. The predicted octanol–water partition coefficient (Wildman–Crippen LogP) is 1.01. The van der Waals surface area contributed by atoms with Gasteiger partial charge in [0.2, 0.25) is 17.8 Å². The molecule has 0 radical (unpaired) electrons. The molecule has 0 aromatic carbocycles. The largest absolute Gasteiger partial charge is 0.480 e. The first kappa shape index (κ1) is 18.9. The van der Waals surface area contributed by atoms with Crippen LogP contribution in [0.2, 0.25) is 0 Å². The number of rotatable bonds is 10. The Morgan fingerprint density at radius 1 is 1.04 bits per heavy atom. The molecule has 0 bridgehead atoms. The van der Waals surface area contributed by atoms with Crippen LogP contribution in [0, 0.1) is 5.92 Å². The first-order valence-corrected chi connectivity index (χ1v) is 7.68. The third kappa shape index (κ3) is 7.09. The van der Waals surface area contributed by atoms with Gasteiger partial charge in [-0.1, -0.05) is 13.8 Å². The number of nitrogens with one attached hydrogen (secondary N) is 3. The van der Waals surface area contributed by atoms with Gasteiger partial charge in [0.1, 0.15) is 6.04 Å². The number of carboxylic acids is 1. The zero-order chi connectivity index (χ0) is 17.4. The molecule has 1 aromatic rings. The molecule has 0 saturated carbocycles. The van der Waals surface area contributed by atoms with Gasteiger partial charge in [0.25, 0.3) is 0 Å². The van der Waals surface area contributed by atoms with Gasteiger partial charge in [-0.05, 0) is 26.2 Å². The van der Waals surface area contributed by atoms with Crippen molar-refractivity contribution < 1.29 is 15.0 Å². The molecule has 9 nitrogen and oxygen atoms in total. The van der Waals surface area contributed by atoms with Crippen molar-refractivity contribution in [1.29, 1.82) is 0 Å². The summed E-state index contributed by atoms with van der Waals surface area (Å²) in [6, 6.07) is -0.670. The molecule has 0 aliphatic heterocycles. The Balaban J connectivity index is 2.99. The molecule has 1 unspecified atom stereocenters. The van der Waals surface area contributed by atoms with Gasteiger partial charge in [0, 0.05) is 12.6 Å². The van der Waals surface area contributed by atoms with Crippen LogP contribution in [0.3, 0.4) is 0 Å². The van der Waals surface area contributed by atoms with Gasteiger partial charge in [-0.25, -0.2) is 4.79 Å². The first-order valence-electron chi connectivity index (χ1n) is 7.68. The molecule has 0 aliphatic carbocycles. The summed E-state index contributed by atoms with van der Waals surface area (Å²) in [5.74, 6) is 0.0460. The predicted molar refractivity (Wildman–Crippen MR) is 88.7 cm³/mol. The number of aliphatic hydroxyl groups is 1. The average Bonchev–Trinajstić information content (AvgIpc) is 2.43. The van der Waals surface area contributed by atoms with Crippen molar-refractivity contribution in [3.8, 4) is 0 Å². The number of aliphatic hydroxyl groups excluding tert-OH is 1. The lowest BCUT2D eigenvalue weighted by Crippen LogP contribution is -2.32. The molecular weight excluding hydrogens is 300 g/mol. The van der Waals surface area contributed by atoms with Crippen LogP contribution in [0.5, 0.6) is 0 Å². The second-order valence-electron chi connectivity index (χ2n) is 5.92. The van der Waals surface area contributed by atoms with E-state index in [9.17, 15) is 9.90 Å². The van der Waals surface area contributed by atoms with E-state index < -0.39 is 12.0 Å². The SMILES string of the molecule is CC(C)CC(Nc1nc(NCCO)nc(NC(C)C)n1)C(=O)O. The second kappa shape index (κ2) is 9.09. The maximum atomic E-state index is 11.4. The molecule has 0 fully saturated rings. The van der Waals surface area contributed by atoms with Gasteiger partial charge >= 0.3 is 5.97 Å². The van der Waals surface area contributed by atoms with E-state index in [0.717, 1.165) is 0 Å². The molecule has 1 atom stereocenters. The monoisotopic (exact) mass is 326 g/mol. The summed E-state index contributed by atoms with van der Waals surface area (Å²) in [6.45, 7) is 8.01. The summed E-state index contributed by atoms with van der Waals surface area (Å²) in [4.78, 5) is 23.9. The topological polar surface area (TPSA) is 132 Å². The molecule has 0 aliphatic rings. The molecule has 0 spiro atoms. The van der Waals surface area contributed by atoms with Crippen LogP contribution in [0.1, 0.15) is 34.1 Å². The maximum Gasteiger partial charge on any atom is 0.326 e. The summed E-state index contributed by atoms with van der Waals surface area (Å²) in [7, 11) is 0. The number of aromatic nitrogens is 3. The van der Waals surface area contributed by atoms with Crippen LogP contribution < -0.4 is 16.0 Å². The van der Waals surface area contributed by atoms with Gasteiger partial charge in [-0.3, -0.25) is 0 Å². The molecule has 23 heavy (non-hydrogen) atoms. The Bertz CT molecular complexity index is 509. The normalized spacial score (nSPS) is 12.3. The number of aliphatic carboxylic acids is 1. The molecule has 1 rings (SSSR count). The lowest BCUT2D eigenvalue weighted by Gasteiger charge is -2.18. The highest BCUT2D eigenvalue weighted by atomic mass is 16.4. The zero-order valence-corrected chi connectivity index (χ0v) is 14.0. The molecule has 0 saturated heterocycles. The quantitative estimate of drug-likeness (QED) is 0.427. The third-order valence-electron chi connectivity index (χ3n) is 2.76. The van der Waals surface area contributed by atoms with Crippen molar-refractivity contribution >= 4 is 23.8 Å². The van der Waals surface area contributed by atoms with E-state index in [-0.39, 0.29) is 30.5 Å². The minimum absolute atomic E-state index is 0.0630. The maximum absolute atomic E-state index is 11.4. The van der Waals surface area contributed by atoms with Crippen molar-refractivity contribution in [2.24, 2.45) is 5.92 Å². The van der Waals surface area contributed by atoms with E-state index in [1.54, 1.807) is 0 Å². The van der Waals surface area contributed by atoms with Crippen LogP contribution >= 0.6 is 0 Å². The van der Waals surface area contributed by atoms with Crippen molar-refractivity contribution in [3.05, 3.63) is 0 Å². The van der Waals surface area contributed by atoms with Gasteiger partial charge in [0.15, 0.2) is 0 Å². The number of anilines is 3. The Hall–Kier alpha value is -2.16. The molecule has 1 aromatic heterocycles. The summed E-state index contributed by atoms with van der Waals surface area (Å²) < 4.78 is 0. The van der Waals surface area contributed by atoms with E-state index in [1.165, 1.54) is 0 Å². The highest BCUT2D eigenvalue weighted by Crippen LogP contribution is 2.14. The highest BCUT2D eigenvalue weighted by Gasteiger charge is 2.20. The number of nitrogens with zero attached hydrogens (tertiary/aromatic N) is 3. The lowest BCUT2D eigenvalue weighted by atomic mass is 10.0. The van der Waals surface area contributed by atoms with Crippen molar-refractivity contribution in [2.45, 2.75) is 46.2 Å². The van der Waals surface area contributed by atoms with E-state index in [4.69, 9.17) is 5.11 Å². The van der Waals surface area contributed by atoms with Crippen LogP contribution in [0.15, 0.2) is 0 Å². The third-order valence-corrected chi connectivity index (χ3v) is 2.76. The van der Waals surface area contributed by atoms with E-state index in [0.29, 0.717) is 18.9 Å². The first-order chi connectivity index (χ1) is 10.8. The average molecular weight is 326 g/mol. The fraction of sp³-hybridized carbons (Fsp3) is 0.714. The molecule has 9 heteroatoms. The van der Waals surface area contributed by atoms with Crippen molar-refractivity contribution in [2.75, 3.05) is 29.1 Å². The van der Waals surface area contributed by atoms with E-state index in [2.05, 4.69) is 30.9 Å². The Kier molecular flexibility index (Phi) is 7.46. The van der Waals surface area contributed by atoms with E-state index in [1.807, 2.05) is 27.7 Å². The Morgan fingerprint density at radius 3 is 2.09 bits per heavy atom. The van der Waals surface area contributed by atoms with E-state index >= 15 is 0 Å². The summed E-state index contributed by atoms with van der Waals surface area (Å²) >= 11 is 0. The minimum Gasteiger partial charge on any atom is -0.480 e.